The van der Waals surface area contributed by atoms with Crippen molar-refractivity contribution in [3.63, 3.8) is 0 Å². The Kier molecular flexibility index (Phi) is 19.9. The number of fused-ring (bicyclic) bond motifs is 2. The molecule has 4 aliphatic heterocycles. The van der Waals surface area contributed by atoms with Crippen LogP contribution in [-0.4, -0.2) is 193 Å². The number of hydrogen-bond acceptors (Lipinski definition) is 22. The molecule has 5 aliphatic rings. The van der Waals surface area contributed by atoms with Gasteiger partial charge in [0.15, 0.2) is 11.6 Å². The number of nitrogens with one attached hydrogen (secondary N) is 4. The molecule has 0 amide bonds. The second-order valence-corrected chi connectivity index (χ2v) is 21.7. The zero-order valence-electron chi connectivity index (χ0n) is 51.4. The molecule has 4 heterocycles. The first-order valence-corrected chi connectivity index (χ1v) is 29.8. The normalized spacial score (nSPS) is 19.5. The lowest BCUT2D eigenvalue weighted by Gasteiger charge is -2.29. The molecule has 0 spiro atoms. The lowest BCUT2D eigenvalue weighted by molar-refractivity contribution is 0.0326. The molecule has 0 radical (unpaired) electrons. The minimum atomic E-state index is -0.376. The number of carbonyl (C=O) groups is 2. The molecule has 11 rings (SSSR count). The number of methoxy groups -OCH3 is 8. The predicted molar refractivity (Wildman–Crippen MR) is 333 cm³/mol. The van der Waals surface area contributed by atoms with Gasteiger partial charge in [-0.25, -0.2) is 0 Å². The van der Waals surface area contributed by atoms with Gasteiger partial charge in [-0.05, 0) is 72.8 Å². The molecule has 22 heteroatoms. The third-order valence-electron chi connectivity index (χ3n) is 16.9. The Morgan fingerprint density at radius 1 is 0.341 bits per heavy atom. The molecule has 4 fully saturated rings. The summed E-state index contributed by atoms with van der Waals surface area (Å²) < 4.78 is 70.4. The van der Waals surface area contributed by atoms with E-state index in [1.165, 1.54) is 0 Å². The average Bonchev–Trinajstić information content (AvgIpc) is 0.948. The molecule has 6 aromatic carbocycles. The molecule has 4 unspecified atom stereocenters. The van der Waals surface area contributed by atoms with Crippen LogP contribution in [0.3, 0.4) is 0 Å². The summed E-state index contributed by atoms with van der Waals surface area (Å²) in [6.07, 6.45) is -1.50. The number of hydrogen-bond donors (Lipinski definition) is 4. The Morgan fingerprint density at radius 3 is 0.773 bits per heavy atom. The van der Waals surface area contributed by atoms with Crippen molar-refractivity contribution in [2.24, 2.45) is 0 Å². The third-order valence-corrected chi connectivity index (χ3v) is 16.9. The van der Waals surface area contributed by atoms with Gasteiger partial charge >= 0.3 is 0 Å². The highest BCUT2D eigenvalue weighted by molar-refractivity contribution is 6.35. The SMILES string of the molecule is COc1ccc(C2OCCN2CCNc2ccc(NCCN3CCOC3c3ccc(OC)cc3OC)c3c2C(=O)c2c(NCCN4CCOC4c4ccc(OC)cc4OC)ccc(NCCN4CCOC4c4ccc(OC)cc4OC)c2C3=O)c(OC)c1. The second-order valence-electron chi connectivity index (χ2n) is 21.7. The van der Waals surface area contributed by atoms with E-state index in [-0.39, 0.29) is 58.7 Å². The van der Waals surface area contributed by atoms with E-state index in [4.69, 9.17) is 56.8 Å². The van der Waals surface area contributed by atoms with Crippen LogP contribution in [0.1, 0.15) is 79.0 Å². The lowest BCUT2D eigenvalue weighted by Crippen LogP contribution is -2.33. The number of rotatable bonds is 28. The van der Waals surface area contributed by atoms with Gasteiger partial charge in [-0.1, -0.05) is 0 Å². The fourth-order valence-corrected chi connectivity index (χ4v) is 12.5. The summed E-state index contributed by atoms with van der Waals surface area (Å²) >= 11 is 0. The van der Waals surface area contributed by atoms with Gasteiger partial charge in [0, 0.05) is 148 Å². The molecule has 4 N–H and O–H groups in total. The number of ketones is 2. The van der Waals surface area contributed by atoms with Crippen molar-refractivity contribution < 1.29 is 66.4 Å². The Labute approximate surface area is 514 Å². The van der Waals surface area contributed by atoms with Gasteiger partial charge in [-0.3, -0.25) is 29.2 Å². The summed E-state index contributed by atoms with van der Waals surface area (Å²) in [5.41, 5.74) is 6.78. The predicted octanol–water partition coefficient (Wildman–Crippen LogP) is 8.30. The van der Waals surface area contributed by atoms with Crippen molar-refractivity contribution >= 4 is 34.3 Å². The average molecular weight is 1210 g/mol. The minimum absolute atomic E-state index is 0.282. The number of carbonyl (C=O) groups excluding carboxylic acids is 2. The Bertz CT molecular complexity index is 3000. The zero-order valence-corrected chi connectivity index (χ0v) is 51.4. The molecule has 0 aromatic heterocycles. The van der Waals surface area contributed by atoms with Crippen LogP contribution in [0.2, 0.25) is 0 Å². The smallest absolute Gasteiger partial charge is 0.198 e. The van der Waals surface area contributed by atoms with Crippen LogP contribution in [0.5, 0.6) is 46.0 Å². The van der Waals surface area contributed by atoms with Gasteiger partial charge in [0.2, 0.25) is 0 Å². The van der Waals surface area contributed by atoms with Crippen molar-refractivity contribution in [1.29, 1.82) is 0 Å². The Balaban J connectivity index is 0.908. The fraction of sp³-hybridized carbons (Fsp3) is 0.424. The quantitative estimate of drug-likeness (QED) is 0.0364. The van der Waals surface area contributed by atoms with Gasteiger partial charge < -0.3 is 78.1 Å². The van der Waals surface area contributed by atoms with E-state index < -0.39 is 0 Å². The number of ether oxygens (including phenoxy) is 12. The van der Waals surface area contributed by atoms with Crippen LogP contribution in [0.25, 0.3) is 0 Å². The lowest BCUT2D eigenvalue weighted by atomic mass is 9.80. The van der Waals surface area contributed by atoms with E-state index in [1.54, 1.807) is 56.9 Å². The summed E-state index contributed by atoms with van der Waals surface area (Å²) in [7, 11) is 13.0. The monoisotopic (exact) mass is 1210 g/mol. The zero-order chi connectivity index (χ0) is 61.3. The molecule has 6 aromatic rings. The molecule has 4 saturated heterocycles. The van der Waals surface area contributed by atoms with Crippen LogP contribution in [0.4, 0.5) is 22.7 Å². The molecular formula is C66H80N8O14. The van der Waals surface area contributed by atoms with Crippen LogP contribution < -0.4 is 59.2 Å². The molecule has 0 bridgehead atoms. The van der Waals surface area contributed by atoms with Gasteiger partial charge in [0.25, 0.3) is 0 Å². The summed E-state index contributed by atoms with van der Waals surface area (Å²) in [5, 5.41) is 14.5. The van der Waals surface area contributed by atoms with Crippen molar-refractivity contribution in [2.75, 3.05) is 183 Å². The van der Waals surface area contributed by atoms with Gasteiger partial charge in [0.05, 0.1) is 106 Å². The van der Waals surface area contributed by atoms with E-state index in [1.807, 2.05) is 97.1 Å². The van der Waals surface area contributed by atoms with Crippen LogP contribution in [0, 0.1) is 0 Å². The minimum Gasteiger partial charge on any atom is -0.497 e. The molecule has 468 valence electrons. The highest BCUT2D eigenvalue weighted by atomic mass is 16.5. The maximum atomic E-state index is 16.0. The number of benzene rings is 6. The van der Waals surface area contributed by atoms with Crippen molar-refractivity contribution in [3.8, 4) is 46.0 Å². The van der Waals surface area contributed by atoms with Gasteiger partial charge in [-0.2, -0.15) is 0 Å². The third kappa shape index (κ3) is 12.8. The van der Waals surface area contributed by atoms with E-state index >= 15 is 9.59 Å². The molecular weight excluding hydrogens is 1130 g/mol. The van der Waals surface area contributed by atoms with E-state index in [9.17, 15) is 0 Å². The summed E-state index contributed by atoms with van der Waals surface area (Å²) in [4.78, 5) is 41.0. The van der Waals surface area contributed by atoms with Crippen molar-refractivity contribution in [2.45, 2.75) is 24.9 Å². The Hall–Kier alpha value is -8.06. The molecule has 22 nitrogen and oxygen atoms in total. The topological polar surface area (TPSA) is 206 Å². The van der Waals surface area contributed by atoms with Gasteiger partial charge in [-0.15, -0.1) is 0 Å². The molecule has 0 saturated carbocycles. The number of anilines is 4. The second kappa shape index (κ2) is 28.4. The van der Waals surface area contributed by atoms with Crippen LogP contribution in [0.15, 0.2) is 97.1 Å². The summed E-state index contributed by atoms with van der Waals surface area (Å²) in [6, 6.07) is 30.5. The summed E-state index contributed by atoms with van der Waals surface area (Å²) in [5.74, 6) is 4.76. The Morgan fingerprint density at radius 2 is 0.568 bits per heavy atom. The molecule has 4 atom stereocenters. The fourth-order valence-electron chi connectivity index (χ4n) is 12.5. The van der Waals surface area contributed by atoms with E-state index in [2.05, 4.69) is 40.9 Å². The largest absolute Gasteiger partial charge is 0.497 e. The van der Waals surface area contributed by atoms with E-state index in [0.29, 0.717) is 174 Å². The van der Waals surface area contributed by atoms with Crippen LogP contribution in [-0.2, 0) is 18.9 Å². The van der Waals surface area contributed by atoms with Crippen LogP contribution >= 0.6 is 0 Å². The standard InChI is InChI=1S/C66H80N8O14/c1-77-41-9-13-45(53(37-41)81-5)63-71(29-33-85-63)25-21-67-49-17-18-50(68-22-26-72-30-34-86-64(72)46-14-10-42(78-2)38-54(46)82-6)58-57(49)61(75)59-51(69-23-27-73-31-35-87-65(73)47-15-11-43(79-3)39-55(47)83-7)19-20-52(60(59)62(58)76)70-24-28-74-32-36-88-66(74)48-16-12-44(80-4)40-56(48)84-8/h9-20,37-40,63-70H,21-36H2,1-8H3. The molecule has 1 aliphatic carbocycles. The first kappa shape index (κ1) is 61.6. The summed E-state index contributed by atoms with van der Waals surface area (Å²) in [6.45, 7) is 8.65. The maximum absolute atomic E-state index is 16.0. The van der Waals surface area contributed by atoms with Gasteiger partial charge in [0.1, 0.15) is 70.9 Å². The molecule has 88 heavy (non-hydrogen) atoms. The number of nitrogens with zero attached hydrogens (tertiary/aromatic N) is 4. The first-order valence-electron chi connectivity index (χ1n) is 29.8. The van der Waals surface area contributed by atoms with E-state index in [0.717, 1.165) is 22.3 Å². The highest BCUT2D eigenvalue weighted by Gasteiger charge is 2.40. The van der Waals surface area contributed by atoms with Crippen molar-refractivity contribution in [3.05, 3.63) is 142 Å². The highest BCUT2D eigenvalue weighted by Crippen LogP contribution is 2.44. The maximum Gasteiger partial charge on any atom is 0.198 e. The van der Waals surface area contributed by atoms with Crippen molar-refractivity contribution in [1.82, 2.24) is 19.6 Å². The first-order chi connectivity index (χ1) is 43.1.